The van der Waals surface area contributed by atoms with Gasteiger partial charge in [0.1, 0.15) is 6.61 Å². The number of allylic oxidation sites excluding steroid dienone is 2. The standard InChI is InChI=1S/C14H15NO3/c1-2-12-6-5-7-13(10-12)11-18-9-4-3-8-14(16)15-17/h2-10,17H,1,11H2,(H,15,16)/b8-3-,9-4+. The van der Waals surface area contributed by atoms with Crippen molar-refractivity contribution >= 4 is 12.0 Å². The van der Waals surface area contributed by atoms with E-state index in [2.05, 4.69) is 6.58 Å². The molecule has 0 unspecified atom stereocenters. The number of hydrogen-bond donors (Lipinski definition) is 2. The highest BCUT2D eigenvalue weighted by atomic mass is 16.5. The van der Waals surface area contributed by atoms with E-state index in [4.69, 9.17) is 9.94 Å². The van der Waals surface area contributed by atoms with Gasteiger partial charge < -0.3 is 4.74 Å². The maximum absolute atomic E-state index is 10.6. The second-order valence-electron chi connectivity index (χ2n) is 3.42. The van der Waals surface area contributed by atoms with Crippen LogP contribution < -0.4 is 5.48 Å². The van der Waals surface area contributed by atoms with Crippen molar-refractivity contribution in [3.63, 3.8) is 0 Å². The van der Waals surface area contributed by atoms with Crippen LogP contribution >= 0.6 is 0 Å². The molecule has 1 rings (SSSR count). The first kappa shape index (κ1) is 13.7. The summed E-state index contributed by atoms with van der Waals surface area (Å²) < 4.78 is 5.27. The fraction of sp³-hybridized carbons (Fsp3) is 0.0714. The fourth-order valence-corrected chi connectivity index (χ4v) is 1.24. The Bertz CT molecular complexity index is 464. The van der Waals surface area contributed by atoms with Crippen LogP contribution in [0, 0.1) is 0 Å². The van der Waals surface area contributed by atoms with Gasteiger partial charge >= 0.3 is 0 Å². The van der Waals surface area contributed by atoms with Gasteiger partial charge in [-0.05, 0) is 23.3 Å². The molecule has 2 N–H and O–H groups in total. The lowest BCUT2D eigenvalue weighted by molar-refractivity contribution is -0.124. The van der Waals surface area contributed by atoms with Crippen LogP contribution in [0.2, 0.25) is 0 Å². The summed E-state index contributed by atoms with van der Waals surface area (Å²) in [5, 5.41) is 8.22. The van der Waals surface area contributed by atoms with Crippen LogP contribution in [0.15, 0.2) is 55.3 Å². The highest BCUT2D eigenvalue weighted by Gasteiger charge is 1.92. The second-order valence-corrected chi connectivity index (χ2v) is 3.42. The van der Waals surface area contributed by atoms with Gasteiger partial charge in [-0.2, -0.15) is 0 Å². The van der Waals surface area contributed by atoms with Gasteiger partial charge in [-0.3, -0.25) is 10.0 Å². The van der Waals surface area contributed by atoms with Gasteiger partial charge in [0.05, 0.1) is 6.26 Å². The normalized spacial score (nSPS) is 10.7. The number of carbonyl (C=O) groups is 1. The summed E-state index contributed by atoms with van der Waals surface area (Å²) in [6.07, 6.45) is 7.45. The highest BCUT2D eigenvalue weighted by Crippen LogP contribution is 2.07. The number of rotatable bonds is 6. The summed E-state index contributed by atoms with van der Waals surface area (Å²) >= 11 is 0. The molecule has 4 heteroatoms. The Morgan fingerprint density at radius 2 is 2.28 bits per heavy atom. The third kappa shape index (κ3) is 5.14. The van der Waals surface area contributed by atoms with Gasteiger partial charge in [-0.1, -0.05) is 36.9 Å². The summed E-state index contributed by atoms with van der Waals surface area (Å²) in [7, 11) is 0. The van der Waals surface area contributed by atoms with Gasteiger partial charge in [0.2, 0.25) is 0 Å². The van der Waals surface area contributed by atoms with E-state index in [1.807, 2.05) is 24.3 Å². The molecule has 1 amide bonds. The number of nitrogens with one attached hydrogen (secondary N) is 1. The van der Waals surface area contributed by atoms with Crippen LogP contribution in [-0.2, 0) is 16.1 Å². The zero-order chi connectivity index (χ0) is 13.2. The largest absolute Gasteiger partial charge is 0.497 e. The average Bonchev–Trinajstić information content (AvgIpc) is 2.42. The van der Waals surface area contributed by atoms with Gasteiger partial charge in [-0.25, -0.2) is 5.48 Å². The Morgan fingerprint density at radius 1 is 1.44 bits per heavy atom. The molecule has 0 aromatic heterocycles. The van der Waals surface area contributed by atoms with Crippen LogP contribution in [0.3, 0.4) is 0 Å². The topological polar surface area (TPSA) is 58.6 Å². The Labute approximate surface area is 106 Å². The molecule has 0 saturated heterocycles. The summed E-state index contributed by atoms with van der Waals surface area (Å²) in [6, 6.07) is 7.83. The van der Waals surface area contributed by atoms with E-state index in [1.165, 1.54) is 23.9 Å². The number of ether oxygens (including phenoxy) is 1. The minimum absolute atomic E-state index is 0.443. The van der Waals surface area contributed by atoms with E-state index in [-0.39, 0.29) is 0 Å². The fourth-order valence-electron chi connectivity index (χ4n) is 1.24. The minimum Gasteiger partial charge on any atom is -0.497 e. The first-order valence-corrected chi connectivity index (χ1v) is 5.36. The molecule has 0 heterocycles. The van der Waals surface area contributed by atoms with E-state index >= 15 is 0 Å². The smallest absolute Gasteiger partial charge is 0.267 e. The minimum atomic E-state index is -0.585. The third-order valence-electron chi connectivity index (χ3n) is 2.08. The molecule has 1 aromatic rings. The van der Waals surface area contributed by atoms with Crippen molar-refractivity contribution in [2.45, 2.75) is 6.61 Å². The Balaban J connectivity index is 2.37. The Kier molecular flexibility index (Phi) is 6.00. The number of carbonyl (C=O) groups excluding carboxylic acids is 1. The zero-order valence-electron chi connectivity index (χ0n) is 9.87. The van der Waals surface area contributed by atoms with Crippen molar-refractivity contribution in [2.24, 2.45) is 0 Å². The number of hydrogen-bond acceptors (Lipinski definition) is 3. The van der Waals surface area contributed by atoms with E-state index in [1.54, 1.807) is 12.2 Å². The highest BCUT2D eigenvalue weighted by molar-refractivity contribution is 5.86. The molecule has 0 radical (unpaired) electrons. The Morgan fingerprint density at radius 3 is 3.00 bits per heavy atom. The third-order valence-corrected chi connectivity index (χ3v) is 2.08. The van der Waals surface area contributed by atoms with E-state index in [0.717, 1.165) is 11.1 Å². The lowest BCUT2D eigenvalue weighted by Crippen LogP contribution is -2.14. The molecule has 0 aliphatic heterocycles. The quantitative estimate of drug-likeness (QED) is 0.266. The molecule has 1 aromatic carbocycles. The SMILES string of the molecule is C=Cc1cccc(CO/C=C/C=C\C(=O)NO)c1. The summed E-state index contributed by atoms with van der Waals surface area (Å²) in [6.45, 7) is 4.14. The predicted molar refractivity (Wildman–Crippen MR) is 69.5 cm³/mol. The van der Waals surface area contributed by atoms with Crippen LogP contribution in [0.4, 0.5) is 0 Å². The lowest BCUT2D eigenvalue weighted by atomic mass is 10.1. The molecule has 0 spiro atoms. The molecule has 0 aliphatic carbocycles. The van der Waals surface area contributed by atoms with Crippen LogP contribution in [0.1, 0.15) is 11.1 Å². The molecule has 0 fully saturated rings. The number of amides is 1. The maximum Gasteiger partial charge on any atom is 0.267 e. The first-order chi connectivity index (χ1) is 8.76. The number of hydroxylamine groups is 1. The maximum atomic E-state index is 10.6. The van der Waals surface area contributed by atoms with Gasteiger partial charge in [0, 0.05) is 6.08 Å². The summed E-state index contributed by atoms with van der Waals surface area (Å²) in [5.74, 6) is -0.585. The molecule has 0 atom stereocenters. The van der Waals surface area contributed by atoms with Gasteiger partial charge in [0.15, 0.2) is 0 Å². The van der Waals surface area contributed by atoms with Crippen LogP contribution in [0.5, 0.6) is 0 Å². The van der Waals surface area contributed by atoms with E-state index in [0.29, 0.717) is 6.61 Å². The van der Waals surface area contributed by atoms with Crippen molar-refractivity contribution in [1.82, 2.24) is 5.48 Å². The molecule has 0 aliphatic rings. The van der Waals surface area contributed by atoms with E-state index < -0.39 is 5.91 Å². The van der Waals surface area contributed by atoms with Crippen molar-refractivity contribution < 1.29 is 14.7 Å². The van der Waals surface area contributed by atoms with E-state index in [9.17, 15) is 4.79 Å². The summed E-state index contributed by atoms with van der Waals surface area (Å²) in [5.41, 5.74) is 3.56. The average molecular weight is 245 g/mol. The number of benzene rings is 1. The molecule has 94 valence electrons. The molecular formula is C14H15NO3. The zero-order valence-corrected chi connectivity index (χ0v) is 9.87. The molecule has 4 nitrogen and oxygen atoms in total. The molecule has 18 heavy (non-hydrogen) atoms. The Hall–Kier alpha value is -2.33. The summed E-state index contributed by atoms with van der Waals surface area (Å²) in [4.78, 5) is 10.6. The molecule has 0 bridgehead atoms. The molecule has 0 saturated carbocycles. The predicted octanol–water partition coefficient (Wildman–Crippen LogP) is 2.42. The van der Waals surface area contributed by atoms with Crippen LogP contribution in [0.25, 0.3) is 6.08 Å². The van der Waals surface area contributed by atoms with Crippen LogP contribution in [-0.4, -0.2) is 11.1 Å². The molecular weight excluding hydrogens is 230 g/mol. The van der Waals surface area contributed by atoms with Crippen molar-refractivity contribution in [2.75, 3.05) is 0 Å². The monoisotopic (exact) mass is 245 g/mol. The van der Waals surface area contributed by atoms with Gasteiger partial charge in [0.25, 0.3) is 5.91 Å². The van der Waals surface area contributed by atoms with Crippen molar-refractivity contribution in [1.29, 1.82) is 0 Å². The first-order valence-electron chi connectivity index (χ1n) is 5.36. The lowest BCUT2D eigenvalue weighted by Gasteiger charge is -2.01. The van der Waals surface area contributed by atoms with Crippen molar-refractivity contribution in [3.8, 4) is 0 Å². The second kappa shape index (κ2) is 7.86. The van der Waals surface area contributed by atoms with Crippen molar-refractivity contribution in [3.05, 3.63) is 66.5 Å². The van der Waals surface area contributed by atoms with Gasteiger partial charge in [-0.15, -0.1) is 0 Å².